The highest BCUT2D eigenvalue weighted by Crippen LogP contribution is 2.19. The highest BCUT2D eigenvalue weighted by Gasteiger charge is 2.18. The molecule has 1 heterocycles. The number of carbonyl (C=O) groups excluding carboxylic acids is 2. The molecule has 0 saturated carbocycles. The van der Waals surface area contributed by atoms with E-state index in [1.54, 1.807) is 24.3 Å². The molecule has 170 valence electrons. The van der Waals surface area contributed by atoms with E-state index in [4.69, 9.17) is 0 Å². The number of hydrogen-bond acceptors (Lipinski definition) is 4. The third kappa shape index (κ3) is 6.60. The lowest BCUT2D eigenvalue weighted by molar-refractivity contribution is -0.116. The molecule has 1 aliphatic rings. The Morgan fingerprint density at radius 1 is 0.697 bits per heavy atom. The lowest BCUT2D eigenvalue weighted by Gasteiger charge is -2.34. The molecular formula is C28H31N3O2. The lowest BCUT2D eigenvalue weighted by Crippen LogP contribution is -2.47. The number of benzene rings is 3. The third-order valence-electron chi connectivity index (χ3n) is 6.16. The number of carbonyl (C=O) groups is 2. The van der Waals surface area contributed by atoms with Gasteiger partial charge in [-0.25, -0.2) is 0 Å². The van der Waals surface area contributed by atoms with Crippen molar-refractivity contribution in [2.24, 2.45) is 0 Å². The predicted octanol–water partition coefficient (Wildman–Crippen LogP) is 4.11. The average Bonchev–Trinajstić information content (AvgIpc) is 2.88. The molecule has 0 aliphatic carbocycles. The van der Waals surface area contributed by atoms with Gasteiger partial charge in [-0.2, -0.15) is 0 Å². The second-order valence-corrected chi connectivity index (χ2v) is 8.46. The summed E-state index contributed by atoms with van der Waals surface area (Å²) in [5.74, 6) is -0.145. The van der Waals surface area contributed by atoms with Gasteiger partial charge in [-0.05, 0) is 24.1 Å². The summed E-state index contributed by atoms with van der Waals surface area (Å²) in [7, 11) is 0. The zero-order valence-electron chi connectivity index (χ0n) is 19.0. The number of rotatable bonds is 9. The van der Waals surface area contributed by atoms with Gasteiger partial charge in [0.05, 0.1) is 5.69 Å². The number of para-hydroxylation sites is 1. The number of ketones is 1. The fraction of sp³-hybridized carbons (Fsp3) is 0.286. The Morgan fingerprint density at radius 2 is 1.27 bits per heavy atom. The minimum atomic E-state index is -0.0851. The van der Waals surface area contributed by atoms with Gasteiger partial charge in [-0.1, -0.05) is 72.8 Å². The molecule has 4 rings (SSSR count). The van der Waals surface area contributed by atoms with E-state index in [-0.39, 0.29) is 11.7 Å². The molecule has 1 N–H and O–H groups in total. The summed E-state index contributed by atoms with van der Waals surface area (Å²) in [5, 5.41) is 2.95. The number of nitrogens with zero attached hydrogens (tertiary/aromatic N) is 2. The number of anilines is 1. The van der Waals surface area contributed by atoms with E-state index in [0.717, 1.165) is 45.7 Å². The molecule has 33 heavy (non-hydrogen) atoms. The predicted molar refractivity (Wildman–Crippen MR) is 133 cm³/mol. The van der Waals surface area contributed by atoms with Crippen molar-refractivity contribution in [3.63, 3.8) is 0 Å². The van der Waals surface area contributed by atoms with Crippen LogP contribution in [0.4, 0.5) is 5.69 Å². The molecule has 0 aromatic heterocycles. The summed E-state index contributed by atoms with van der Waals surface area (Å²) in [6.07, 6.45) is 1.49. The Morgan fingerprint density at radius 3 is 1.97 bits per heavy atom. The van der Waals surface area contributed by atoms with Gasteiger partial charge in [0.2, 0.25) is 5.91 Å². The zero-order chi connectivity index (χ0) is 22.9. The van der Waals surface area contributed by atoms with Crippen molar-refractivity contribution < 1.29 is 9.59 Å². The summed E-state index contributed by atoms with van der Waals surface area (Å²) in [6.45, 7) is 5.82. The highest BCUT2D eigenvalue weighted by atomic mass is 16.1. The fourth-order valence-corrected chi connectivity index (χ4v) is 4.18. The van der Waals surface area contributed by atoms with E-state index in [9.17, 15) is 9.59 Å². The molecule has 1 fully saturated rings. The molecule has 5 nitrogen and oxygen atoms in total. The molecule has 0 radical (unpaired) electrons. The molecule has 1 saturated heterocycles. The van der Waals surface area contributed by atoms with Crippen LogP contribution in [0, 0.1) is 0 Å². The largest absolute Gasteiger partial charge is 0.325 e. The number of amides is 1. The number of hydrogen-bond donors (Lipinski definition) is 1. The van der Waals surface area contributed by atoms with Gasteiger partial charge in [0, 0.05) is 56.8 Å². The zero-order valence-corrected chi connectivity index (χ0v) is 19.0. The standard InChI is InChI=1S/C28H31N3O2/c32-27(29-26-14-8-7-13-25(26)28(33)24-11-5-2-6-12-24)16-18-31-21-19-30(20-22-31)17-15-23-9-3-1-4-10-23/h1-14H,15-22H2,(H,29,32). The Hall–Kier alpha value is -3.28. The van der Waals surface area contributed by atoms with Gasteiger partial charge in [-0.15, -0.1) is 0 Å². The van der Waals surface area contributed by atoms with E-state index < -0.39 is 0 Å². The first-order valence-electron chi connectivity index (χ1n) is 11.7. The van der Waals surface area contributed by atoms with E-state index in [2.05, 4.69) is 45.4 Å². The molecule has 0 bridgehead atoms. The minimum Gasteiger partial charge on any atom is -0.325 e. The summed E-state index contributed by atoms with van der Waals surface area (Å²) < 4.78 is 0. The second-order valence-electron chi connectivity index (χ2n) is 8.46. The van der Waals surface area contributed by atoms with Crippen molar-refractivity contribution in [1.29, 1.82) is 0 Å². The quantitative estimate of drug-likeness (QED) is 0.508. The summed E-state index contributed by atoms with van der Waals surface area (Å²) >= 11 is 0. The second kappa shape index (κ2) is 11.5. The molecule has 0 spiro atoms. The Kier molecular flexibility index (Phi) is 8.01. The Labute approximate surface area is 196 Å². The van der Waals surface area contributed by atoms with Gasteiger partial charge in [-0.3, -0.25) is 9.59 Å². The SMILES string of the molecule is O=C(CCN1CCN(CCc2ccccc2)CC1)Nc1ccccc1C(=O)c1ccccc1. The normalized spacial score (nSPS) is 14.7. The molecule has 3 aromatic carbocycles. The van der Waals surface area contributed by atoms with Crippen molar-refractivity contribution in [3.05, 3.63) is 102 Å². The maximum Gasteiger partial charge on any atom is 0.225 e. The van der Waals surface area contributed by atoms with Crippen LogP contribution in [-0.2, 0) is 11.2 Å². The first-order chi connectivity index (χ1) is 16.2. The maximum absolute atomic E-state index is 12.9. The van der Waals surface area contributed by atoms with E-state index in [0.29, 0.717) is 23.2 Å². The van der Waals surface area contributed by atoms with Crippen LogP contribution in [0.1, 0.15) is 27.9 Å². The van der Waals surface area contributed by atoms with E-state index in [1.807, 2.05) is 30.3 Å². The van der Waals surface area contributed by atoms with Gasteiger partial charge >= 0.3 is 0 Å². The van der Waals surface area contributed by atoms with Gasteiger partial charge in [0.15, 0.2) is 5.78 Å². The smallest absolute Gasteiger partial charge is 0.225 e. The molecule has 1 aliphatic heterocycles. The third-order valence-corrected chi connectivity index (χ3v) is 6.16. The van der Waals surface area contributed by atoms with Gasteiger partial charge < -0.3 is 15.1 Å². The fourth-order valence-electron chi connectivity index (χ4n) is 4.18. The van der Waals surface area contributed by atoms with E-state index >= 15 is 0 Å². The van der Waals surface area contributed by atoms with Crippen LogP contribution in [-0.4, -0.2) is 60.8 Å². The Balaban J connectivity index is 1.22. The van der Waals surface area contributed by atoms with Gasteiger partial charge in [0.1, 0.15) is 0 Å². The molecule has 0 atom stereocenters. The van der Waals surface area contributed by atoms with Crippen molar-refractivity contribution in [2.45, 2.75) is 12.8 Å². The first kappa shape index (κ1) is 22.9. The van der Waals surface area contributed by atoms with E-state index in [1.165, 1.54) is 5.56 Å². The highest BCUT2D eigenvalue weighted by molar-refractivity contribution is 6.13. The Bertz CT molecular complexity index is 1050. The topological polar surface area (TPSA) is 52.7 Å². The van der Waals surface area contributed by atoms with Crippen LogP contribution >= 0.6 is 0 Å². The van der Waals surface area contributed by atoms with Crippen LogP contribution in [0.3, 0.4) is 0 Å². The molecule has 3 aromatic rings. The van der Waals surface area contributed by atoms with Gasteiger partial charge in [0.25, 0.3) is 0 Å². The van der Waals surface area contributed by atoms with Crippen molar-refractivity contribution in [2.75, 3.05) is 44.6 Å². The van der Waals surface area contributed by atoms with Crippen LogP contribution in [0.25, 0.3) is 0 Å². The first-order valence-corrected chi connectivity index (χ1v) is 11.7. The number of piperazine rings is 1. The summed E-state index contributed by atoms with van der Waals surface area (Å²) in [5.41, 5.74) is 3.08. The molecule has 0 unspecified atom stereocenters. The summed E-state index contributed by atoms with van der Waals surface area (Å²) in [4.78, 5) is 30.3. The maximum atomic E-state index is 12.9. The van der Waals surface area contributed by atoms with Crippen LogP contribution in [0.15, 0.2) is 84.9 Å². The van der Waals surface area contributed by atoms with Crippen molar-refractivity contribution in [1.82, 2.24) is 9.80 Å². The molecule has 1 amide bonds. The molecular weight excluding hydrogens is 410 g/mol. The molecule has 5 heteroatoms. The average molecular weight is 442 g/mol. The van der Waals surface area contributed by atoms with Crippen LogP contribution in [0.2, 0.25) is 0 Å². The van der Waals surface area contributed by atoms with Crippen LogP contribution in [0.5, 0.6) is 0 Å². The lowest BCUT2D eigenvalue weighted by atomic mass is 10.0. The van der Waals surface area contributed by atoms with Crippen molar-refractivity contribution >= 4 is 17.4 Å². The minimum absolute atomic E-state index is 0.0604. The monoisotopic (exact) mass is 441 g/mol. The summed E-state index contributed by atoms with van der Waals surface area (Å²) in [6, 6.07) is 27.0. The number of nitrogens with one attached hydrogen (secondary N) is 1. The van der Waals surface area contributed by atoms with Crippen molar-refractivity contribution in [3.8, 4) is 0 Å². The van der Waals surface area contributed by atoms with Crippen LogP contribution < -0.4 is 5.32 Å².